The zero-order valence-electron chi connectivity index (χ0n) is 8.85. The van der Waals surface area contributed by atoms with Gasteiger partial charge in [0.25, 0.3) is 5.78 Å². The Labute approximate surface area is 107 Å². The van der Waals surface area contributed by atoms with Crippen molar-refractivity contribution in [2.75, 3.05) is 0 Å². The summed E-state index contributed by atoms with van der Waals surface area (Å²) in [5.41, 5.74) is -1.03. The van der Waals surface area contributed by atoms with Gasteiger partial charge < -0.3 is 4.74 Å². The summed E-state index contributed by atoms with van der Waals surface area (Å²) >= 11 is 4.45. The molecule has 19 heavy (non-hydrogen) atoms. The maximum atomic E-state index is 12.7. The van der Waals surface area contributed by atoms with Crippen LogP contribution in [-0.2, 0) is 0 Å². The molecular weight excluding hydrogens is 302 g/mol. The van der Waals surface area contributed by atoms with Crippen molar-refractivity contribution in [2.45, 2.75) is 17.9 Å². The van der Waals surface area contributed by atoms with Gasteiger partial charge in [0.1, 0.15) is 5.75 Å². The number of hydrogen-bond acceptors (Lipinski definition) is 2. The Bertz CT molecular complexity index is 471. The van der Waals surface area contributed by atoms with Crippen LogP contribution in [0.4, 0.5) is 26.3 Å². The average Bonchev–Trinajstić information content (AvgIpc) is 2.27. The number of carbonyl (C=O) groups excluding carboxylic acids is 1. The lowest BCUT2D eigenvalue weighted by Gasteiger charge is -2.19. The molecule has 0 fully saturated rings. The molecule has 0 aromatic heterocycles. The highest BCUT2D eigenvalue weighted by Crippen LogP contribution is 2.33. The predicted octanol–water partition coefficient (Wildman–Crippen LogP) is 3.94. The number of ether oxygens (including phenoxy) is 1. The molecule has 0 spiro atoms. The van der Waals surface area contributed by atoms with Crippen LogP contribution < -0.4 is 4.74 Å². The van der Waals surface area contributed by atoms with Gasteiger partial charge in [0.05, 0.1) is 5.56 Å². The van der Waals surface area contributed by atoms with Crippen LogP contribution in [0.3, 0.4) is 0 Å². The number of alkyl halides is 7. The van der Waals surface area contributed by atoms with Gasteiger partial charge in [-0.3, -0.25) is 4.79 Å². The van der Waals surface area contributed by atoms with E-state index in [1.807, 2.05) is 0 Å². The Morgan fingerprint density at radius 3 is 2.16 bits per heavy atom. The molecule has 0 atom stereocenters. The number of halogens is 7. The molecule has 0 heterocycles. The Hall–Kier alpha value is -1.44. The molecule has 2 nitrogen and oxygen atoms in total. The van der Waals surface area contributed by atoms with Crippen molar-refractivity contribution in [2.24, 2.45) is 0 Å². The van der Waals surface area contributed by atoms with Gasteiger partial charge in [-0.1, -0.05) is 12.1 Å². The number of Topliss-reactive ketones (excluding diaryl/α,β-unsaturated/α-hetero) is 1. The van der Waals surface area contributed by atoms with Crippen molar-refractivity contribution in [3.63, 3.8) is 0 Å². The first-order valence-electron chi connectivity index (χ1n) is 4.61. The summed E-state index contributed by atoms with van der Waals surface area (Å²) in [5, 5.41) is -4.36. The summed E-state index contributed by atoms with van der Waals surface area (Å²) in [5.74, 6) is -3.15. The lowest BCUT2D eigenvalue weighted by molar-refractivity contribution is -0.253. The molecule has 0 aliphatic rings. The van der Waals surface area contributed by atoms with E-state index in [0.29, 0.717) is 12.1 Å². The third-order valence-corrected chi connectivity index (χ3v) is 2.06. The molecule has 0 aliphatic heterocycles. The van der Waals surface area contributed by atoms with E-state index < -0.39 is 35.0 Å². The van der Waals surface area contributed by atoms with Crippen molar-refractivity contribution >= 4 is 17.4 Å². The highest BCUT2D eigenvalue weighted by atomic mass is 35.5. The second kappa shape index (κ2) is 5.28. The number of para-hydroxylation sites is 1. The van der Waals surface area contributed by atoms with Crippen molar-refractivity contribution in [1.29, 1.82) is 0 Å². The minimum absolute atomic E-state index is 0.673. The largest absolute Gasteiger partial charge is 0.461 e. The molecule has 0 aliphatic carbocycles. The van der Waals surface area contributed by atoms with Crippen molar-refractivity contribution in [1.82, 2.24) is 0 Å². The van der Waals surface area contributed by atoms with Gasteiger partial charge in [-0.2, -0.15) is 26.3 Å². The predicted molar refractivity (Wildman–Crippen MR) is 53.2 cm³/mol. The molecule has 9 heteroatoms. The fourth-order valence-corrected chi connectivity index (χ4v) is 1.19. The topological polar surface area (TPSA) is 26.3 Å². The minimum atomic E-state index is -4.92. The first-order valence-corrected chi connectivity index (χ1v) is 4.99. The number of benzene rings is 1. The lowest BCUT2D eigenvalue weighted by atomic mass is 10.1. The third kappa shape index (κ3) is 3.76. The van der Waals surface area contributed by atoms with E-state index in [-0.39, 0.29) is 0 Å². The molecule has 106 valence electrons. The summed E-state index contributed by atoms with van der Waals surface area (Å²) in [6.07, 6.45) is -9.11. The van der Waals surface area contributed by atoms with Gasteiger partial charge in [-0.15, -0.1) is 0 Å². The van der Waals surface area contributed by atoms with Crippen molar-refractivity contribution < 1.29 is 35.9 Å². The summed E-state index contributed by atoms with van der Waals surface area (Å²) in [6, 6.07) is 3.48. The number of rotatable bonds is 5. The first-order chi connectivity index (χ1) is 8.55. The Balaban J connectivity index is 3.14. The Kier molecular flexibility index (Phi) is 4.34. The molecule has 0 bridgehead atoms. The maximum absolute atomic E-state index is 12.7. The van der Waals surface area contributed by atoms with Gasteiger partial charge in [-0.25, -0.2) is 0 Å². The standard InChI is InChI=1S/C10H5ClF6O2/c11-9(14,15)7(18)5-3-1-2-4-6(5)19-10(16,17)8(12)13/h1-4,8H. The zero-order valence-corrected chi connectivity index (χ0v) is 9.60. The van der Waals surface area contributed by atoms with Crippen LogP contribution in [0, 0.1) is 0 Å². The summed E-state index contributed by atoms with van der Waals surface area (Å²) in [6.45, 7) is 0. The molecule has 0 amide bonds. The molecule has 0 N–H and O–H groups in total. The zero-order chi connectivity index (χ0) is 14.8. The van der Waals surface area contributed by atoms with Gasteiger partial charge >= 0.3 is 17.9 Å². The normalized spacial score (nSPS) is 12.6. The van der Waals surface area contributed by atoms with Gasteiger partial charge in [0.2, 0.25) is 0 Å². The molecule has 1 rings (SSSR count). The molecule has 1 aromatic carbocycles. The van der Waals surface area contributed by atoms with Crippen LogP contribution in [0.5, 0.6) is 5.75 Å². The highest BCUT2D eigenvalue weighted by molar-refractivity contribution is 6.35. The van der Waals surface area contributed by atoms with Crippen LogP contribution in [0.25, 0.3) is 0 Å². The van der Waals surface area contributed by atoms with Crippen LogP contribution in [0.1, 0.15) is 10.4 Å². The van der Waals surface area contributed by atoms with Gasteiger partial charge in [-0.05, 0) is 23.7 Å². The first kappa shape index (κ1) is 15.6. The molecule has 0 saturated carbocycles. The third-order valence-electron chi connectivity index (χ3n) is 1.89. The molecular formula is C10H5ClF6O2. The Morgan fingerprint density at radius 1 is 1.16 bits per heavy atom. The van der Waals surface area contributed by atoms with E-state index in [1.165, 1.54) is 0 Å². The number of carbonyl (C=O) groups is 1. The average molecular weight is 307 g/mol. The van der Waals surface area contributed by atoms with Gasteiger partial charge in [0.15, 0.2) is 0 Å². The number of hydrogen-bond donors (Lipinski definition) is 0. The van der Waals surface area contributed by atoms with E-state index in [0.717, 1.165) is 12.1 Å². The summed E-state index contributed by atoms with van der Waals surface area (Å²) in [4.78, 5) is 11.1. The van der Waals surface area contributed by atoms with Crippen LogP contribution in [0.2, 0.25) is 0 Å². The van der Waals surface area contributed by atoms with Crippen LogP contribution >= 0.6 is 11.6 Å². The van der Waals surface area contributed by atoms with Crippen LogP contribution in [0.15, 0.2) is 24.3 Å². The van der Waals surface area contributed by atoms with E-state index in [1.54, 1.807) is 0 Å². The monoisotopic (exact) mass is 306 g/mol. The molecule has 0 unspecified atom stereocenters. The van der Waals surface area contributed by atoms with E-state index in [9.17, 15) is 31.1 Å². The lowest BCUT2D eigenvalue weighted by Crippen LogP contribution is -2.34. The van der Waals surface area contributed by atoms with Crippen LogP contribution in [-0.4, -0.2) is 23.7 Å². The van der Waals surface area contributed by atoms with Crippen molar-refractivity contribution in [3.8, 4) is 5.75 Å². The Morgan fingerprint density at radius 2 is 1.68 bits per heavy atom. The van der Waals surface area contributed by atoms with E-state index in [4.69, 9.17) is 0 Å². The molecule has 0 radical (unpaired) electrons. The van der Waals surface area contributed by atoms with E-state index >= 15 is 0 Å². The van der Waals surface area contributed by atoms with Gasteiger partial charge in [0, 0.05) is 0 Å². The van der Waals surface area contributed by atoms with E-state index in [2.05, 4.69) is 16.3 Å². The summed E-state index contributed by atoms with van der Waals surface area (Å²) in [7, 11) is 0. The van der Waals surface area contributed by atoms with Crippen molar-refractivity contribution in [3.05, 3.63) is 29.8 Å². The fourth-order valence-electron chi connectivity index (χ4n) is 1.09. The summed E-state index contributed by atoms with van der Waals surface area (Å²) < 4.78 is 78.0. The molecule has 0 saturated heterocycles. The quantitative estimate of drug-likeness (QED) is 0.468. The molecule has 1 aromatic rings. The SMILES string of the molecule is O=C(c1ccccc1OC(F)(F)C(F)F)C(F)(F)Cl. The maximum Gasteiger partial charge on any atom is 0.461 e. The second-order valence-electron chi connectivity index (χ2n) is 3.29. The number of ketones is 1. The minimum Gasteiger partial charge on any atom is -0.428 e. The smallest absolute Gasteiger partial charge is 0.428 e. The highest BCUT2D eigenvalue weighted by Gasteiger charge is 2.46. The fraction of sp³-hybridized carbons (Fsp3) is 0.300. The second-order valence-corrected chi connectivity index (χ2v) is 3.76.